The number of aromatic nitrogens is 4. The summed E-state index contributed by atoms with van der Waals surface area (Å²) in [7, 11) is 0. The molecule has 108 valence electrons. The fourth-order valence-electron chi connectivity index (χ4n) is 2.12. The molecule has 0 radical (unpaired) electrons. The minimum absolute atomic E-state index is 0.0548. The number of rotatable bonds is 4. The van der Waals surface area contributed by atoms with Gasteiger partial charge in [0, 0.05) is 25.4 Å². The zero-order chi connectivity index (χ0) is 15.0. The second-order valence-corrected chi connectivity index (χ2v) is 4.55. The fraction of sp³-hybridized carbons (Fsp3) is 0.273. The van der Waals surface area contributed by atoms with Crippen LogP contribution in [0.15, 0.2) is 24.5 Å². The van der Waals surface area contributed by atoms with Gasteiger partial charge in [-0.15, -0.1) is 5.10 Å². The number of pyridine rings is 1. The smallest absolute Gasteiger partial charge is 0.358 e. The van der Waals surface area contributed by atoms with Gasteiger partial charge in [-0.05, 0) is 6.07 Å². The van der Waals surface area contributed by atoms with E-state index in [0.29, 0.717) is 18.9 Å². The molecule has 3 heterocycles. The molecule has 21 heavy (non-hydrogen) atoms. The molecular weight excluding hydrogens is 280 g/mol. The summed E-state index contributed by atoms with van der Waals surface area (Å²) in [5, 5.41) is 27.0. The summed E-state index contributed by atoms with van der Waals surface area (Å²) in [5.74, 6) is -0.838. The van der Waals surface area contributed by atoms with E-state index in [0.717, 1.165) is 0 Å². The molecule has 1 saturated heterocycles. The minimum atomic E-state index is -1.14. The molecule has 1 aliphatic rings. The Morgan fingerprint density at radius 2 is 2.24 bits per heavy atom. The predicted molar refractivity (Wildman–Crippen MR) is 69.1 cm³/mol. The number of hydrogen-bond donors (Lipinski definition) is 1. The van der Waals surface area contributed by atoms with E-state index in [1.54, 1.807) is 4.90 Å². The topological polar surface area (TPSA) is 127 Å². The van der Waals surface area contributed by atoms with Crippen LogP contribution in [-0.4, -0.2) is 49.1 Å². The molecule has 0 saturated carbocycles. The van der Waals surface area contributed by atoms with Crippen molar-refractivity contribution in [3.63, 3.8) is 0 Å². The summed E-state index contributed by atoms with van der Waals surface area (Å²) < 4.78 is 1.45. The van der Waals surface area contributed by atoms with Crippen LogP contribution in [0.25, 0.3) is 0 Å². The zero-order valence-electron chi connectivity index (χ0n) is 10.7. The number of carboxylic acids is 1. The van der Waals surface area contributed by atoms with Crippen molar-refractivity contribution in [1.82, 2.24) is 20.0 Å². The van der Waals surface area contributed by atoms with Gasteiger partial charge in [-0.1, -0.05) is 5.21 Å². The molecule has 0 amide bonds. The van der Waals surface area contributed by atoms with E-state index >= 15 is 0 Å². The largest absolute Gasteiger partial charge is 0.476 e. The van der Waals surface area contributed by atoms with Crippen molar-refractivity contribution in [2.45, 2.75) is 6.04 Å². The van der Waals surface area contributed by atoms with Gasteiger partial charge in [-0.25, -0.2) is 14.5 Å². The van der Waals surface area contributed by atoms with E-state index < -0.39 is 10.9 Å². The number of nitro groups is 1. The maximum atomic E-state index is 10.9. The highest BCUT2D eigenvalue weighted by Crippen LogP contribution is 2.32. The van der Waals surface area contributed by atoms with Gasteiger partial charge in [0.15, 0.2) is 5.69 Å². The van der Waals surface area contributed by atoms with E-state index in [1.165, 1.54) is 29.2 Å². The Kier molecular flexibility index (Phi) is 2.97. The number of carboxylic acid groups (broad SMARTS) is 1. The van der Waals surface area contributed by atoms with Gasteiger partial charge in [0.25, 0.3) is 0 Å². The number of carbonyl (C=O) groups is 1. The molecule has 0 unspecified atom stereocenters. The third-order valence-corrected chi connectivity index (χ3v) is 3.23. The lowest BCUT2D eigenvalue weighted by Gasteiger charge is -2.39. The van der Waals surface area contributed by atoms with Gasteiger partial charge < -0.3 is 10.0 Å². The summed E-state index contributed by atoms with van der Waals surface area (Å²) in [5.41, 5.74) is -0.182. The summed E-state index contributed by atoms with van der Waals surface area (Å²) in [6.45, 7) is 0.917. The van der Waals surface area contributed by atoms with Crippen molar-refractivity contribution in [3.05, 3.63) is 40.3 Å². The monoisotopic (exact) mass is 290 g/mol. The van der Waals surface area contributed by atoms with Crippen LogP contribution in [0, 0.1) is 10.1 Å². The Hall–Kier alpha value is -3.04. The molecule has 0 atom stereocenters. The van der Waals surface area contributed by atoms with Crippen LogP contribution in [0.4, 0.5) is 11.5 Å². The van der Waals surface area contributed by atoms with Crippen molar-refractivity contribution < 1.29 is 14.8 Å². The zero-order valence-corrected chi connectivity index (χ0v) is 10.7. The lowest BCUT2D eigenvalue weighted by molar-refractivity contribution is -0.384. The Morgan fingerprint density at radius 3 is 2.86 bits per heavy atom. The van der Waals surface area contributed by atoms with E-state index in [-0.39, 0.29) is 17.4 Å². The van der Waals surface area contributed by atoms with E-state index in [1.807, 2.05) is 0 Å². The summed E-state index contributed by atoms with van der Waals surface area (Å²) in [6.07, 6.45) is 2.84. The van der Waals surface area contributed by atoms with Crippen molar-refractivity contribution >= 4 is 17.5 Å². The van der Waals surface area contributed by atoms with Crippen LogP contribution in [0.1, 0.15) is 16.5 Å². The second kappa shape index (κ2) is 4.81. The Labute approximate surface area is 117 Å². The van der Waals surface area contributed by atoms with E-state index in [4.69, 9.17) is 5.11 Å². The van der Waals surface area contributed by atoms with Crippen LogP contribution in [0.5, 0.6) is 0 Å². The molecular formula is C11H10N6O4. The molecule has 2 aromatic rings. The van der Waals surface area contributed by atoms with Crippen molar-refractivity contribution in [2.24, 2.45) is 0 Å². The molecule has 3 rings (SSSR count). The third kappa shape index (κ3) is 2.26. The first kappa shape index (κ1) is 13.0. The molecule has 1 aliphatic heterocycles. The second-order valence-electron chi connectivity index (χ2n) is 4.55. The van der Waals surface area contributed by atoms with Crippen molar-refractivity contribution in [1.29, 1.82) is 0 Å². The molecule has 2 aromatic heterocycles. The SMILES string of the molecule is O=C(O)c1cn(C2CN(c3ncccc3[N+](=O)[O-])C2)nn1. The van der Waals surface area contributed by atoms with Gasteiger partial charge in [-0.2, -0.15) is 0 Å². The molecule has 1 fully saturated rings. The Bertz CT molecular complexity index is 708. The van der Waals surface area contributed by atoms with Gasteiger partial charge in [0.2, 0.25) is 5.82 Å². The first-order chi connectivity index (χ1) is 10.1. The molecule has 1 N–H and O–H groups in total. The quantitative estimate of drug-likeness (QED) is 0.630. The van der Waals surface area contributed by atoms with Gasteiger partial charge in [-0.3, -0.25) is 10.1 Å². The maximum absolute atomic E-state index is 10.9. The van der Waals surface area contributed by atoms with Crippen LogP contribution in [-0.2, 0) is 0 Å². The average molecular weight is 290 g/mol. The highest BCUT2D eigenvalue weighted by molar-refractivity contribution is 5.84. The molecule has 0 aliphatic carbocycles. The van der Waals surface area contributed by atoms with E-state index in [9.17, 15) is 14.9 Å². The first-order valence-electron chi connectivity index (χ1n) is 6.05. The molecule has 10 heteroatoms. The number of anilines is 1. The van der Waals surface area contributed by atoms with Crippen molar-refractivity contribution in [2.75, 3.05) is 18.0 Å². The van der Waals surface area contributed by atoms with Crippen LogP contribution >= 0.6 is 0 Å². The maximum Gasteiger partial charge on any atom is 0.358 e. The summed E-state index contributed by atoms with van der Waals surface area (Å²) >= 11 is 0. The number of nitrogens with zero attached hydrogens (tertiary/aromatic N) is 6. The van der Waals surface area contributed by atoms with E-state index in [2.05, 4.69) is 15.3 Å². The number of hydrogen-bond acceptors (Lipinski definition) is 7. The first-order valence-corrected chi connectivity index (χ1v) is 6.05. The Morgan fingerprint density at radius 1 is 1.48 bits per heavy atom. The molecule has 10 nitrogen and oxygen atoms in total. The average Bonchev–Trinajstić information content (AvgIpc) is 2.87. The molecule has 0 aromatic carbocycles. The van der Waals surface area contributed by atoms with Gasteiger partial charge in [0.1, 0.15) is 0 Å². The van der Waals surface area contributed by atoms with Crippen LogP contribution < -0.4 is 4.90 Å². The summed E-state index contributed by atoms with van der Waals surface area (Å²) in [4.78, 5) is 27.0. The summed E-state index contributed by atoms with van der Waals surface area (Å²) in [6, 6.07) is 2.83. The van der Waals surface area contributed by atoms with Crippen LogP contribution in [0.2, 0.25) is 0 Å². The molecule has 0 bridgehead atoms. The number of aromatic carboxylic acids is 1. The fourth-order valence-corrected chi connectivity index (χ4v) is 2.12. The third-order valence-electron chi connectivity index (χ3n) is 3.23. The Balaban J connectivity index is 1.73. The minimum Gasteiger partial charge on any atom is -0.476 e. The lowest BCUT2D eigenvalue weighted by Crippen LogP contribution is -2.48. The van der Waals surface area contributed by atoms with Gasteiger partial charge in [0.05, 0.1) is 17.2 Å². The van der Waals surface area contributed by atoms with Crippen molar-refractivity contribution in [3.8, 4) is 0 Å². The normalized spacial score (nSPS) is 14.8. The highest BCUT2D eigenvalue weighted by Gasteiger charge is 2.34. The lowest BCUT2D eigenvalue weighted by atomic mass is 10.1. The standard InChI is InChI=1S/C11H10N6O4/c18-11(19)8-6-16(14-13-8)7-4-15(5-7)10-9(17(20)21)2-1-3-12-10/h1-3,6-7H,4-5H2,(H,18,19). The van der Waals surface area contributed by atoms with Crippen LogP contribution in [0.3, 0.4) is 0 Å². The molecule has 0 spiro atoms. The van der Waals surface area contributed by atoms with Gasteiger partial charge >= 0.3 is 11.7 Å². The predicted octanol–water partition coefficient (Wildman–Crippen LogP) is 0.341. The highest BCUT2D eigenvalue weighted by atomic mass is 16.6.